The molecule has 0 radical (unpaired) electrons. The molecule has 3 heteroatoms. The minimum absolute atomic E-state index is 0.875. The fraction of sp³-hybridized carbons (Fsp3) is 0. The lowest BCUT2D eigenvalue weighted by atomic mass is 9.97. The predicted octanol–water partition coefficient (Wildman–Crippen LogP) is 13.9. The number of nitrogens with zero attached hydrogens (tertiary/aromatic N) is 1. The van der Waals surface area contributed by atoms with Gasteiger partial charge in [-0.25, -0.2) is 0 Å². The number of para-hydroxylation sites is 1. The van der Waals surface area contributed by atoms with Gasteiger partial charge in [0.05, 0.1) is 11.1 Å². The highest BCUT2D eigenvalue weighted by molar-refractivity contribution is 7.26. The first-order chi connectivity index (χ1) is 24.3. The molecule has 0 fully saturated rings. The summed E-state index contributed by atoms with van der Waals surface area (Å²) in [5.41, 5.74) is 9.84. The van der Waals surface area contributed by atoms with E-state index in [1.165, 1.54) is 53.2 Å². The minimum Gasteiger partial charge on any atom is -0.456 e. The van der Waals surface area contributed by atoms with Gasteiger partial charge in [0, 0.05) is 36.9 Å². The molecule has 10 rings (SSSR count). The first-order valence-electron chi connectivity index (χ1n) is 16.6. The molecule has 2 aromatic heterocycles. The summed E-state index contributed by atoms with van der Waals surface area (Å²) in [5.74, 6) is 0. The second-order valence-corrected chi connectivity index (χ2v) is 13.5. The quantitative estimate of drug-likeness (QED) is 0.186. The van der Waals surface area contributed by atoms with Gasteiger partial charge in [-0.3, -0.25) is 0 Å². The third kappa shape index (κ3) is 4.55. The lowest BCUT2D eigenvalue weighted by Gasteiger charge is -2.27. The Morgan fingerprint density at radius 1 is 0.429 bits per heavy atom. The van der Waals surface area contributed by atoms with Gasteiger partial charge >= 0.3 is 0 Å². The maximum absolute atomic E-state index is 6.40. The summed E-state index contributed by atoms with van der Waals surface area (Å²) >= 11 is 1.87. The van der Waals surface area contributed by atoms with E-state index < -0.39 is 0 Å². The summed E-state index contributed by atoms with van der Waals surface area (Å²) in [6.45, 7) is 0. The fourth-order valence-electron chi connectivity index (χ4n) is 7.45. The molecule has 0 saturated heterocycles. The minimum atomic E-state index is 0.875. The Labute approximate surface area is 287 Å². The zero-order chi connectivity index (χ0) is 32.3. The van der Waals surface area contributed by atoms with Crippen molar-refractivity contribution in [3.63, 3.8) is 0 Å². The Balaban J connectivity index is 1.21. The summed E-state index contributed by atoms with van der Waals surface area (Å²) in [6.07, 6.45) is 0. The van der Waals surface area contributed by atoms with Crippen LogP contribution in [0.15, 0.2) is 180 Å². The molecule has 2 heterocycles. The van der Waals surface area contributed by atoms with Crippen LogP contribution in [0, 0.1) is 0 Å². The van der Waals surface area contributed by atoms with Crippen LogP contribution in [-0.2, 0) is 0 Å². The Morgan fingerprint density at radius 2 is 1.02 bits per heavy atom. The zero-order valence-corrected chi connectivity index (χ0v) is 27.3. The molecule has 0 bridgehead atoms. The largest absolute Gasteiger partial charge is 0.456 e. The number of hydrogen-bond acceptors (Lipinski definition) is 3. The van der Waals surface area contributed by atoms with E-state index in [0.717, 1.165) is 39.0 Å². The summed E-state index contributed by atoms with van der Waals surface area (Å²) in [6, 6.07) is 63.2. The average Bonchev–Trinajstić information content (AvgIpc) is 3.74. The maximum atomic E-state index is 6.40. The molecule has 0 aliphatic carbocycles. The first-order valence-corrected chi connectivity index (χ1v) is 17.4. The standard InChI is InChI=1S/C46H29NOS/c1-2-18-35-30(12-1)13-9-21-36(35)31-14-7-16-33(28-31)47(41-24-11-26-43-45(41)40-20-3-5-25-42(40)48-43)34-17-8-15-32(29-34)37-22-10-23-39-38-19-4-6-27-44(38)49-46(37)39/h1-29H. The Kier molecular flexibility index (Phi) is 6.39. The van der Waals surface area contributed by atoms with E-state index in [-0.39, 0.29) is 0 Å². The number of benzene rings is 8. The SMILES string of the molecule is c1cc(-c2cccc3ccccc23)cc(N(c2cccc(-c3cccc4c3sc3ccccc34)c2)c2cccc3oc4ccccc4c23)c1. The molecular weight excluding hydrogens is 615 g/mol. The molecule has 2 nitrogen and oxygen atoms in total. The number of furan rings is 1. The smallest absolute Gasteiger partial charge is 0.137 e. The van der Waals surface area contributed by atoms with Crippen molar-refractivity contribution in [3.8, 4) is 22.3 Å². The third-order valence-corrected chi connectivity index (χ3v) is 10.9. The van der Waals surface area contributed by atoms with Crippen molar-refractivity contribution in [2.75, 3.05) is 4.90 Å². The van der Waals surface area contributed by atoms with Crippen LogP contribution in [0.4, 0.5) is 17.1 Å². The first kappa shape index (κ1) is 27.9. The second kappa shape index (κ2) is 11.2. The maximum Gasteiger partial charge on any atom is 0.137 e. The van der Waals surface area contributed by atoms with Gasteiger partial charge < -0.3 is 9.32 Å². The van der Waals surface area contributed by atoms with E-state index in [4.69, 9.17) is 4.42 Å². The van der Waals surface area contributed by atoms with Crippen LogP contribution in [0.25, 0.3) is 75.1 Å². The highest BCUT2D eigenvalue weighted by atomic mass is 32.1. The zero-order valence-electron chi connectivity index (χ0n) is 26.5. The van der Waals surface area contributed by atoms with Crippen molar-refractivity contribution >= 4 is 81.3 Å². The number of fused-ring (bicyclic) bond motifs is 7. The molecule has 0 aliphatic rings. The highest BCUT2D eigenvalue weighted by Gasteiger charge is 2.21. The van der Waals surface area contributed by atoms with Crippen LogP contribution in [0.2, 0.25) is 0 Å². The van der Waals surface area contributed by atoms with E-state index in [1.807, 2.05) is 17.4 Å². The third-order valence-electron chi connectivity index (χ3n) is 9.65. The van der Waals surface area contributed by atoms with Crippen molar-refractivity contribution in [1.29, 1.82) is 0 Å². The van der Waals surface area contributed by atoms with Crippen LogP contribution in [0.5, 0.6) is 0 Å². The molecule has 0 spiro atoms. The average molecular weight is 644 g/mol. The van der Waals surface area contributed by atoms with E-state index in [9.17, 15) is 0 Å². The number of anilines is 3. The molecular formula is C46H29NOS. The van der Waals surface area contributed by atoms with E-state index in [1.54, 1.807) is 0 Å². The van der Waals surface area contributed by atoms with Crippen LogP contribution < -0.4 is 4.90 Å². The van der Waals surface area contributed by atoms with Crippen LogP contribution in [0.1, 0.15) is 0 Å². The Bertz CT molecular complexity index is 2850. The predicted molar refractivity (Wildman–Crippen MR) is 210 cm³/mol. The molecule has 0 aliphatic heterocycles. The van der Waals surface area contributed by atoms with Gasteiger partial charge in [-0.15, -0.1) is 11.3 Å². The summed E-state index contributed by atoms with van der Waals surface area (Å²) in [4.78, 5) is 2.40. The van der Waals surface area contributed by atoms with Gasteiger partial charge in [0.25, 0.3) is 0 Å². The Morgan fingerprint density at radius 3 is 1.88 bits per heavy atom. The molecule has 0 amide bonds. The summed E-state index contributed by atoms with van der Waals surface area (Å²) in [5, 5.41) is 7.30. The van der Waals surface area contributed by atoms with Crippen molar-refractivity contribution in [2.24, 2.45) is 0 Å². The molecule has 230 valence electrons. The monoisotopic (exact) mass is 643 g/mol. The lowest BCUT2D eigenvalue weighted by molar-refractivity contribution is 0.669. The van der Waals surface area contributed by atoms with Crippen molar-refractivity contribution < 1.29 is 4.42 Å². The lowest BCUT2D eigenvalue weighted by Crippen LogP contribution is -2.10. The van der Waals surface area contributed by atoms with Gasteiger partial charge in [0.2, 0.25) is 0 Å². The van der Waals surface area contributed by atoms with E-state index in [0.29, 0.717) is 0 Å². The molecule has 0 saturated carbocycles. The van der Waals surface area contributed by atoms with Gasteiger partial charge in [-0.05, 0) is 81.6 Å². The van der Waals surface area contributed by atoms with Gasteiger partial charge in [-0.2, -0.15) is 0 Å². The van der Waals surface area contributed by atoms with Gasteiger partial charge in [0.15, 0.2) is 0 Å². The molecule has 10 aromatic rings. The van der Waals surface area contributed by atoms with Crippen LogP contribution in [0.3, 0.4) is 0 Å². The second-order valence-electron chi connectivity index (χ2n) is 12.5. The van der Waals surface area contributed by atoms with Crippen molar-refractivity contribution in [2.45, 2.75) is 0 Å². The summed E-state index contributed by atoms with van der Waals surface area (Å²) in [7, 11) is 0. The fourth-order valence-corrected chi connectivity index (χ4v) is 8.68. The van der Waals surface area contributed by atoms with Crippen molar-refractivity contribution in [1.82, 2.24) is 0 Å². The number of hydrogen-bond donors (Lipinski definition) is 0. The molecule has 49 heavy (non-hydrogen) atoms. The van der Waals surface area contributed by atoms with Gasteiger partial charge in [0.1, 0.15) is 11.2 Å². The number of rotatable bonds is 5. The van der Waals surface area contributed by atoms with E-state index >= 15 is 0 Å². The van der Waals surface area contributed by atoms with E-state index in [2.05, 4.69) is 175 Å². The van der Waals surface area contributed by atoms with Crippen LogP contribution in [-0.4, -0.2) is 0 Å². The number of thiophene rings is 1. The van der Waals surface area contributed by atoms with Crippen molar-refractivity contribution in [3.05, 3.63) is 176 Å². The molecule has 8 aromatic carbocycles. The molecule has 0 atom stereocenters. The highest BCUT2D eigenvalue weighted by Crippen LogP contribution is 2.46. The Hall–Kier alpha value is -6.16. The summed E-state index contributed by atoms with van der Waals surface area (Å²) < 4.78 is 9.03. The molecule has 0 N–H and O–H groups in total. The van der Waals surface area contributed by atoms with Crippen LogP contribution >= 0.6 is 11.3 Å². The van der Waals surface area contributed by atoms with Gasteiger partial charge in [-0.1, -0.05) is 127 Å². The molecule has 0 unspecified atom stereocenters. The normalized spacial score (nSPS) is 11.7. The topological polar surface area (TPSA) is 16.4 Å².